The third kappa shape index (κ3) is 9.75. The van der Waals surface area contributed by atoms with Gasteiger partial charge in [0.2, 0.25) is 0 Å². The van der Waals surface area contributed by atoms with E-state index in [0.29, 0.717) is 0 Å². The number of aliphatic hydroxyl groups is 1. The van der Waals surface area contributed by atoms with Crippen molar-refractivity contribution < 1.29 is 24.9 Å². The number of hydrogen-bond acceptors (Lipinski definition) is 4. The molecular weight excluding hydrogens is 262 g/mol. The first-order chi connectivity index (χ1) is 8.93. The molecule has 1 heterocycles. The second kappa shape index (κ2) is 7.59. The van der Waals surface area contributed by atoms with Gasteiger partial charge in [0.1, 0.15) is 0 Å². The minimum atomic E-state index is -0.948. The predicted octanol–water partition coefficient (Wildman–Crippen LogP) is 1.61. The summed E-state index contributed by atoms with van der Waals surface area (Å²) < 4.78 is 0. The van der Waals surface area contributed by atoms with Crippen LogP contribution < -0.4 is 5.32 Å². The average molecular weight is 289 g/mol. The van der Waals surface area contributed by atoms with E-state index in [4.69, 9.17) is 10.2 Å². The minimum absolute atomic E-state index is 0.0632. The van der Waals surface area contributed by atoms with E-state index in [2.05, 4.69) is 33.0 Å². The van der Waals surface area contributed by atoms with Crippen LogP contribution in [0.4, 0.5) is 0 Å². The van der Waals surface area contributed by atoms with Crippen LogP contribution in [0.3, 0.4) is 0 Å². The predicted molar refractivity (Wildman–Crippen MR) is 75.7 cm³/mol. The first-order valence-electron chi connectivity index (χ1n) is 6.84. The molecule has 0 amide bonds. The molecule has 0 spiro atoms. The van der Waals surface area contributed by atoms with Gasteiger partial charge < -0.3 is 20.6 Å². The van der Waals surface area contributed by atoms with Crippen LogP contribution in [-0.4, -0.2) is 44.4 Å². The molecule has 1 aliphatic rings. The number of carboxylic acids is 2. The van der Waals surface area contributed by atoms with Gasteiger partial charge in [-0.1, -0.05) is 0 Å². The number of aliphatic hydroxyl groups excluding tert-OH is 1. The average Bonchev–Trinajstić information content (AvgIpc) is 2.10. The molecule has 118 valence electrons. The summed E-state index contributed by atoms with van der Waals surface area (Å²) in [4.78, 5) is 19.6. The maximum atomic E-state index is 9.79. The van der Waals surface area contributed by atoms with Gasteiger partial charge >= 0.3 is 11.9 Å². The third-order valence-corrected chi connectivity index (χ3v) is 2.95. The quantitative estimate of drug-likeness (QED) is 0.626. The second-order valence-electron chi connectivity index (χ2n) is 6.60. The van der Waals surface area contributed by atoms with Gasteiger partial charge in [-0.2, -0.15) is 0 Å². The Balaban J connectivity index is 0.000000370. The number of nitrogens with one attached hydrogen (secondary N) is 1. The Bertz CT molecular complexity index is 308. The van der Waals surface area contributed by atoms with E-state index < -0.39 is 11.9 Å². The van der Waals surface area contributed by atoms with Crippen LogP contribution in [0.5, 0.6) is 0 Å². The Hall–Kier alpha value is -1.14. The maximum Gasteiger partial charge on any atom is 0.303 e. The van der Waals surface area contributed by atoms with Gasteiger partial charge in [0.25, 0.3) is 0 Å². The Labute approximate surface area is 120 Å². The van der Waals surface area contributed by atoms with Crippen LogP contribution in [0.1, 0.15) is 59.8 Å². The lowest BCUT2D eigenvalue weighted by Crippen LogP contribution is -2.59. The molecule has 0 aromatic rings. The van der Waals surface area contributed by atoms with Crippen molar-refractivity contribution in [2.45, 2.75) is 77.0 Å². The molecule has 6 heteroatoms. The largest absolute Gasteiger partial charge is 0.481 e. The van der Waals surface area contributed by atoms with Gasteiger partial charge in [-0.15, -0.1) is 0 Å². The Morgan fingerprint density at radius 2 is 1.35 bits per heavy atom. The van der Waals surface area contributed by atoms with Crippen molar-refractivity contribution in [1.29, 1.82) is 0 Å². The van der Waals surface area contributed by atoms with E-state index in [0.717, 1.165) is 12.8 Å². The summed E-state index contributed by atoms with van der Waals surface area (Å²) in [5.41, 5.74) is 0.169. The molecule has 0 saturated carbocycles. The lowest BCUT2D eigenvalue weighted by atomic mass is 9.81. The summed E-state index contributed by atoms with van der Waals surface area (Å²) in [5.74, 6) is -1.90. The second-order valence-corrected chi connectivity index (χ2v) is 6.60. The van der Waals surface area contributed by atoms with Crippen molar-refractivity contribution in [2.24, 2.45) is 0 Å². The van der Waals surface area contributed by atoms with E-state index in [1.807, 2.05) is 0 Å². The highest BCUT2D eigenvalue weighted by Crippen LogP contribution is 2.27. The molecule has 0 aromatic heterocycles. The number of hydrogen-bond donors (Lipinski definition) is 4. The highest BCUT2D eigenvalue weighted by atomic mass is 16.4. The molecule has 0 atom stereocenters. The Morgan fingerprint density at radius 3 is 1.60 bits per heavy atom. The molecule has 1 fully saturated rings. The SMILES string of the molecule is CC1(C)CC(O)CC(C)(C)N1.O=C(O)CCCC(=O)O. The monoisotopic (exact) mass is 289 g/mol. The molecule has 0 radical (unpaired) electrons. The zero-order chi connectivity index (χ0) is 16.0. The first-order valence-corrected chi connectivity index (χ1v) is 6.84. The molecule has 0 aliphatic carbocycles. The van der Waals surface area contributed by atoms with Crippen LogP contribution in [0.25, 0.3) is 0 Å². The van der Waals surface area contributed by atoms with E-state index in [-0.39, 0.29) is 36.4 Å². The van der Waals surface area contributed by atoms with Crippen LogP contribution in [0, 0.1) is 0 Å². The zero-order valence-corrected chi connectivity index (χ0v) is 12.8. The lowest BCUT2D eigenvalue weighted by molar-refractivity contribution is -0.138. The molecule has 4 N–H and O–H groups in total. The fraction of sp³-hybridized carbons (Fsp3) is 0.857. The van der Waals surface area contributed by atoms with E-state index in [1.165, 1.54) is 0 Å². The standard InChI is InChI=1S/C9H19NO.C5H8O4/c1-8(2)5-7(11)6-9(3,4)10-8;6-4(7)2-1-3-5(8)9/h7,10-11H,5-6H2,1-4H3;1-3H2,(H,6,7)(H,8,9). The topological polar surface area (TPSA) is 107 Å². The Morgan fingerprint density at radius 1 is 1.00 bits per heavy atom. The van der Waals surface area contributed by atoms with Crippen molar-refractivity contribution in [3.05, 3.63) is 0 Å². The van der Waals surface area contributed by atoms with Crippen LogP contribution in [0.2, 0.25) is 0 Å². The van der Waals surface area contributed by atoms with E-state index >= 15 is 0 Å². The smallest absolute Gasteiger partial charge is 0.303 e. The molecule has 0 bridgehead atoms. The molecule has 1 aliphatic heterocycles. The summed E-state index contributed by atoms with van der Waals surface area (Å²) in [6.07, 6.45) is 1.66. The molecule has 1 saturated heterocycles. The highest BCUT2D eigenvalue weighted by molar-refractivity contribution is 5.69. The number of piperidine rings is 1. The molecule has 0 unspecified atom stereocenters. The maximum absolute atomic E-state index is 9.79. The Kier molecular flexibility index (Phi) is 7.16. The summed E-state index contributed by atoms with van der Waals surface area (Å²) in [6, 6.07) is 0. The van der Waals surface area contributed by atoms with Gasteiger partial charge in [0.05, 0.1) is 6.10 Å². The molecular formula is C14H27NO5. The van der Waals surface area contributed by atoms with Crippen molar-refractivity contribution in [3.8, 4) is 0 Å². The molecule has 6 nitrogen and oxygen atoms in total. The highest BCUT2D eigenvalue weighted by Gasteiger charge is 2.36. The minimum Gasteiger partial charge on any atom is -0.481 e. The zero-order valence-electron chi connectivity index (χ0n) is 12.8. The van der Waals surface area contributed by atoms with Crippen molar-refractivity contribution in [2.75, 3.05) is 0 Å². The normalized spacial score (nSPS) is 20.6. The van der Waals surface area contributed by atoms with Gasteiger partial charge in [0.15, 0.2) is 0 Å². The lowest BCUT2D eigenvalue weighted by Gasteiger charge is -2.44. The van der Waals surface area contributed by atoms with Crippen molar-refractivity contribution in [1.82, 2.24) is 5.32 Å². The van der Waals surface area contributed by atoms with Crippen LogP contribution in [-0.2, 0) is 9.59 Å². The summed E-state index contributed by atoms with van der Waals surface area (Å²) in [7, 11) is 0. The van der Waals surface area contributed by atoms with E-state index in [9.17, 15) is 14.7 Å². The van der Waals surface area contributed by atoms with Gasteiger partial charge in [-0.25, -0.2) is 0 Å². The van der Waals surface area contributed by atoms with Gasteiger partial charge in [0, 0.05) is 23.9 Å². The van der Waals surface area contributed by atoms with Crippen LogP contribution >= 0.6 is 0 Å². The summed E-state index contributed by atoms with van der Waals surface area (Å²) in [6.45, 7) is 8.54. The van der Waals surface area contributed by atoms with Crippen LogP contribution in [0.15, 0.2) is 0 Å². The van der Waals surface area contributed by atoms with Crippen molar-refractivity contribution >= 4 is 11.9 Å². The fourth-order valence-corrected chi connectivity index (χ4v) is 2.66. The van der Waals surface area contributed by atoms with Gasteiger partial charge in [-0.3, -0.25) is 9.59 Å². The molecule has 0 aromatic carbocycles. The first kappa shape index (κ1) is 18.9. The third-order valence-electron chi connectivity index (χ3n) is 2.95. The van der Waals surface area contributed by atoms with E-state index in [1.54, 1.807) is 0 Å². The number of aliphatic carboxylic acids is 2. The number of carbonyl (C=O) groups is 2. The molecule has 1 rings (SSSR count). The van der Waals surface area contributed by atoms with Gasteiger partial charge in [-0.05, 0) is 47.0 Å². The summed E-state index contributed by atoms with van der Waals surface area (Å²) in [5, 5.41) is 29.1. The van der Waals surface area contributed by atoms with Crippen molar-refractivity contribution in [3.63, 3.8) is 0 Å². The molecule has 20 heavy (non-hydrogen) atoms. The number of carboxylic acid groups (broad SMARTS) is 2. The number of rotatable bonds is 4. The summed E-state index contributed by atoms with van der Waals surface area (Å²) >= 11 is 0. The fourth-order valence-electron chi connectivity index (χ4n) is 2.66.